The molecule has 0 fully saturated rings. The first kappa shape index (κ1) is 14.3. The predicted octanol–water partition coefficient (Wildman–Crippen LogP) is 4.63. The topological polar surface area (TPSA) is 12.0 Å². The highest BCUT2D eigenvalue weighted by Crippen LogP contribution is 2.31. The molecule has 19 heavy (non-hydrogen) atoms. The van der Waals surface area contributed by atoms with Gasteiger partial charge in [-0.1, -0.05) is 32.0 Å². The van der Waals surface area contributed by atoms with Crippen LogP contribution in [0.4, 0.5) is 0 Å². The summed E-state index contributed by atoms with van der Waals surface area (Å²) < 4.78 is 0. The molecule has 0 aliphatic rings. The normalized spacial score (nSPS) is 12.6. The highest BCUT2D eigenvalue weighted by atomic mass is 32.1. The molecule has 1 heterocycles. The summed E-state index contributed by atoms with van der Waals surface area (Å²) in [5, 5.41) is 3.63. The smallest absolute Gasteiger partial charge is 0.0673 e. The summed E-state index contributed by atoms with van der Waals surface area (Å²) in [7, 11) is 0. The third-order valence-electron chi connectivity index (χ3n) is 3.68. The van der Waals surface area contributed by atoms with E-state index in [2.05, 4.69) is 63.3 Å². The molecule has 0 bridgehead atoms. The van der Waals surface area contributed by atoms with Gasteiger partial charge in [0, 0.05) is 9.75 Å². The summed E-state index contributed by atoms with van der Waals surface area (Å²) in [4.78, 5) is 2.88. The number of benzene rings is 1. The van der Waals surface area contributed by atoms with Gasteiger partial charge in [-0.15, -0.1) is 11.3 Å². The molecule has 1 N–H and O–H groups in total. The Morgan fingerprint density at radius 1 is 1.11 bits per heavy atom. The molecule has 2 rings (SSSR count). The molecular weight excluding hydrogens is 250 g/mol. The third-order valence-corrected chi connectivity index (χ3v) is 4.98. The quantitative estimate of drug-likeness (QED) is 0.837. The Balaban J connectivity index is 2.42. The third kappa shape index (κ3) is 3.07. The fourth-order valence-electron chi connectivity index (χ4n) is 2.39. The maximum atomic E-state index is 3.63. The monoisotopic (exact) mass is 273 g/mol. The molecule has 0 saturated heterocycles. The minimum atomic E-state index is 0.329. The zero-order valence-electron chi connectivity index (χ0n) is 12.3. The number of hydrogen-bond acceptors (Lipinski definition) is 2. The van der Waals surface area contributed by atoms with E-state index in [0.29, 0.717) is 6.04 Å². The van der Waals surface area contributed by atoms with Crippen LogP contribution in [0.3, 0.4) is 0 Å². The standard InChI is InChI=1S/C17H23NS/c1-5-14-10-11-16(19-14)17(18-6-2)15-9-7-8-12(3)13(15)4/h7-11,17-18H,5-6H2,1-4H3. The van der Waals surface area contributed by atoms with E-state index in [1.54, 1.807) is 0 Å². The second-order valence-corrected chi connectivity index (χ2v) is 6.14. The highest BCUT2D eigenvalue weighted by Gasteiger charge is 2.17. The fourth-order valence-corrected chi connectivity index (χ4v) is 3.44. The summed E-state index contributed by atoms with van der Waals surface area (Å²) in [5.41, 5.74) is 4.18. The van der Waals surface area contributed by atoms with Crippen LogP contribution in [-0.2, 0) is 6.42 Å². The molecule has 0 aliphatic heterocycles. The Labute approximate surface area is 120 Å². The second kappa shape index (κ2) is 6.36. The van der Waals surface area contributed by atoms with Gasteiger partial charge in [-0.05, 0) is 55.6 Å². The van der Waals surface area contributed by atoms with E-state index in [1.165, 1.54) is 26.4 Å². The van der Waals surface area contributed by atoms with E-state index in [1.807, 2.05) is 11.3 Å². The lowest BCUT2D eigenvalue weighted by Gasteiger charge is -2.20. The van der Waals surface area contributed by atoms with Gasteiger partial charge >= 0.3 is 0 Å². The molecule has 0 spiro atoms. The van der Waals surface area contributed by atoms with Gasteiger partial charge in [0.1, 0.15) is 0 Å². The van der Waals surface area contributed by atoms with Crippen molar-refractivity contribution in [1.29, 1.82) is 0 Å². The van der Waals surface area contributed by atoms with Crippen LogP contribution in [0, 0.1) is 13.8 Å². The van der Waals surface area contributed by atoms with Crippen LogP contribution in [0.25, 0.3) is 0 Å². The Morgan fingerprint density at radius 2 is 1.89 bits per heavy atom. The molecule has 2 heteroatoms. The van der Waals surface area contributed by atoms with E-state index in [9.17, 15) is 0 Å². The number of hydrogen-bond donors (Lipinski definition) is 1. The lowest BCUT2D eigenvalue weighted by Crippen LogP contribution is -2.22. The van der Waals surface area contributed by atoms with Gasteiger partial charge < -0.3 is 5.32 Å². The van der Waals surface area contributed by atoms with E-state index < -0.39 is 0 Å². The predicted molar refractivity (Wildman–Crippen MR) is 85.1 cm³/mol. The van der Waals surface area contributed by atoms with Crippen molar-refractivity contribution in [3.05, 3.63) is 56.8 Å². The maximum absolute atomic E-state index is 3.63. The molecule has 1 nitrogen and oxygen atoms in total. The van der Waals surface area contributed by atoms with E-state index in [-0.39, 0.29) is 0 Å². The molecule has 1 aromatic carbocycles. The first-order valence-electron chi connectivity index (χ1n) is 7.05. The Kier molecular flexibility index (Phi) is 4.78. The molecule has 2 aromatic rings. The molecular formula is C17H23NS. The molecule has 1 unspecified atom stereocenters. The van der Waals surface area contributed by atoms with E-state index in [0.717, 1.165) is 13.0 Å². The van der Waals surface area contributed by atoms with Crippen LogP contribution in [-0.4, -0.2) is 6.54 Å². The van der Waals surface area contributed by atoms with Crippen molar-refractivity contribution in [1.82, 2.24) is 5.32 Å². The fraction of sp³-hybridized carbons (Fsp3) is 0.412. The minimum Gasteiger partial charge on any atom is -0.306 e. The number of thiophene rings is 1. The van der Waals surface area contributed by atoms with Gasteiger partial charge in [0.15, 0.2) is 0 Å². The Morgan fingerprint density at radius 3 is 2.53 bits per heavy atom. The van der Waals surface area contributed by atoms with Crippen molar-refractivity contribution in [3.8, 4) is 0 Å². The average molecular weight is 273 g/mol. The maximum Gasteiger partial charge on any atom is 0.0673 e. The van der Waals surface area contributed by atoms with Crippen LogP contribution < -0.4 is 5.32 Å². The van der Waals surface area contributed by atoms with Crippen LogP contribution in [0.1, 0.15) is 46.3 Å². The number of rotatable bonds is 5. The van der Waals surface area contributed by atoms with Crippen molar-refractivity contribution in [2.24, 2.45) is 0 Å². The molecule has 102 valence electrons. The zero-order chi connectivity index (χ0) is 13.8. The first-order chi connectivity index (χ1) is 9.17. The van der Waals surface area contributed by atoms with Crippen molar-refractivity contribution in [3.63, 3.8) is 0 Å². The molecule has 0 radical (unpaired) electrons. The summed E-state index contributed by atoms with van der Waals surface area (Å²) >= 11 is 1.93. The van der Waals surface area contributed by atoms with Crippen LogP contribution >= 0.6 is 11.3 Å². The van der Waals surface area contributed by atoms with Gasteiger partial charge in [0.25, 0.3) is 0 Å². The lowest BCUT2D eigenvalue weighted by atomic mass is 9.96. The van der Waals surface area contributed by atoms with Gasteiger partial charge in [0.2, 0.25) is 0 Å². The Bertz CT molecular complexity index is 542. The molecule has 1 aromatic heterocycles. The largest absolute Gasteiger partial charge is 0.306 e. The average Bonchev–Trinajstić information content (AvgIpc) is 2.88. The van der Waals surface area contributed by atoms with Gasteiger partial charge in [-0.25, -0.2) is 0 Å². The number of nitrogens with one attached hydrogen (secondary N) is 1. The Hall–Kier alpha value is -1.12. The van der Waals surface area contributed by atoms with Crippen molar-refractivity contribution in [2.45, 2.75) is 40.2 Å². The molecule has 1 atom stereocenters. The van der Waals surface area contributed by atoms with E-state index >= 15 is 0 Å². The minimum absolute atomic E-state index is 0.329. The SMILES string of the molecule is CCNC(c1ccc(CC)s1)c1cccc(C)c1C. The van der Waals surface area contributed by atoms with Crippen LogP contribution in [0.5, 0.6) is 0 Å². The second-order valence-electron chi connectivity index (χ2n) is 4.94. The molecule has 0 saturated carbocycles. The molecule has 0 aliphatic carbocycles. The van der Waals surface area contributed by atoms with Crippen LogP contribution in [0.15, 0.2) is 30.3 Å². The number of aryl methyl sites for hydroxylation is 2. The van der Waals surface area contributed by atoms with Crippen molar-refractivity contribution >= 4 is 11.3 Å². The van der Waals surface area contributed by atoms with E-state index in [4.69, 9.17) is 0 Å². The van der Waals surface area contributed by atoms with Crippen molar-refractivity contribution < 1.29 is 0 Å². The van der Waals surface area contributed by atoms with Gasteiger partial charge in [-0.2, -0.15) is 0 Å². The molecule has 0 amide bonds. The summed E-state index contributed by atoms with van der Waals surface area (Å²) in [6, 6.07) is 11.5. The highest BCUT2D eigenvalue weighted by molar-refractivity contribution is 7.12. The summed E-state index contributed by atoms with van der Waals surface area (Å²) in [6.45, 7) is 9.79. The lowest BCUT2D eigenvalue weighted by molar-refractivity contribution is 0.636. The summed E-state index contributed by atoms with van der Waals surface area (Å²) in [5.74, 6) is 0. The zero-order valence-corrected chi connectivity index (χ0v) is 13.1. The first-order valence-corrected chi connectivity index (χ1v) is 7.87. The van der Waals surface area contributed by atoms with Gasteiger partial charge in [-0.3, -0.25) is 0 Å². The summed E-state index contributed by atoms with van der Waals surface area (Å²) in [6.07, 6.45) is 1.12. The van der Waals surface area contributed by atoms with Gasteiger partial charge in [0.05, 0.1) is 6.04 Å². The van der Waals surface area contributed by atoms with Crippen LogP contribution in [0.2, 0.25) is 0 Å². The van der Waals surface area contributed by atoms with Crippen molar-refractivity contribution in [2.75, 3.05) is 6.54 Å².